The van der Waals surface area contributed by atoms with Gasteiger partial charge in [-0.05, 0) is 30.5 Å². The molecular formula is C17H29N3. The molecule has 0 amide bonds. The van der Waals surface area contributed by atoms with E-state index in [0.717, 1.165) is 26.1 Å². The van der Waals surface area contributed by atoms with E-state index >= 15 is 0 Å². The first-order valence-electron chi connectivity index (χ1n) is 8.02. The molecule has 0 spiro atoms. The van der Waals surface area contributed by atoms with Gasteiger partial charge in [0.15, 0.2) is 0 Å². The van der Waals surface area contributed by atoms with Gasteiger partial charge in [-0.3, -0.25) is 4.90 Å². The minimum Gasteiger partial charge on any atom is -0.323 e. The molecule has 1 aliphatic heterocycles. The van der Waals surface area contributed by atoms with Gasteiger partial charge in [0, 0.05) is 38.8 Å². The second-order valence-electron chi connectivity index (χ2n) is 5.84. The van der Waals surface area contributed by atoms with Gasteiger partial charge in [-0.1, -0.05) is 38.1 Å². The van der Waals surface area contributed by atoms with Gasteiger partial charge in [-0.15, -0.1) is 0 Å². The van der Waals surface area contributed by atoms with Crippen molar-refractivity contribution in [3.63, 3.8) is 0 Å². The van der Waals surface area contributed by atoms with Gasteiger partial charge in [-0.25, -0.2) is 0 Å². The van der Waals surface area contributed by atoms with E-state index in [-0.39, 0.29) is 6.04 Å². The third kappa shape index (κ3) is 4.30. The van der Waals surface area contributed by atoms with Gasteiger partial charge in [0.25, 0.3) is 0 Å². The molecule has 2 N–H and O–H groups in total. The Morgan fingerprint density at radius 1 is 1.00 bits per heavy atom. The number of nitrogens with two attached hydrogens (primary N) is 1. The summed E-state index contributed by atoms with van der Waals surface area (Å²) in [4.78, 5) is 5.06. The molecule has 1 heterocycles. The Hall–Kier alpha value is -0.900. The summed E-state index contributed by atoms with van der Waals surface area (Å²) < 4.78 is 0. The van der Waals surface area contributed by atoms with Crippen molar-refractivity contribution in [2.75, 3.05) is 39.3 Å². The Labute approximate surface area is 123 Å². The highest BCUT2D eigenvalue weighted by Crippen LogP contribution is 2.14. The molecule has 0 aromatic heterocycles. The summed E-state index contributed by atoms with van der Waals surface area (Å²) in [6.45, 7) is 11.3. The van der Waals surface area contributed by atoms with E-state index in [1.165, 1.54) is 37.2 Å². The van der Waals surface area contributed by atoms with Crippen molar-refractivity contribution >= 4 is 0 Å². The van der Waals surface area contributed by atoms with Crippen LogP contribution in [0.1, 0.15) is 37.4 Å². The number of hydrogen-bond donors (Lipinski definition) is 1. The van der Waals surface area contributed by atoms with Crippen LogP contribution in [0, 0.1) is 0 Å². The highest BCUT2D eigenvalue weighted by molar-refractivity contribution is 5.25. The summed E-state index contributed by atoms with van der Waals surface area (Å²) >= 11 is 0. The Kier molecular flexibility index (Phi) is 6.02. The highest BCUT2D eigenvalue weighted by Gasteiger charge is 2.18. The molecule has 0 saturated carbocycles. The molecule has 0 radical (unpaired) electrons. The van der Waals surface area contributed by atoms with E-state index in [4.69, 9.17) is 5.73 Å². The van der Waals surface area contributed by atoms with Crippen LogP contribution in [-0.2, 0) is 6.42 Å². The molecule has 1 aromatic carbocycles. The van der Waals surface area contributed by atoms with Crippen molar-refractivity contribution in [1.82, 2.24) is 9.80 Å². The molecule has 2 rings (SSSR count). The standard InChI is InChI=1S/C17H29N3/c1-3-9-19-10-12-20(13-11-19)14-17(18)16-7-5-15(4-2)6-8-16/h5-8,17H,3-4,9-14,18H2,1-2H3. The van der Waals surface area contributed by atoms with E-state index in [0.29, 0.717) is 0 Å². The summed E-state index contributed by atoms with van der Waals surface area (Å²) in [6.07, 6.45) is 2.35. The second kappa shape index (κ2) is 7.77. The zero-order valence-electron chi connectivity index (χ0n) is 13.0. The topological polar surface area (TPSA) is 32.5 Å². The number of hydrogen-bond acceptors (Lipinski definition) is 3. The van der Waals surface area contributed by atoms with Crippen molar-refractivity contribution in [2.45, 2.75) is 32.7 Å². The Bertz CT molecular complexity index is 380. The van der Waals surface area contributed by atoms with E-state index in [1.54, 1.807) is 0 Å². The van der Waals surface area contributed by atoms with E-state index in [9.17, 15) is 0 Å². The first kappa shape index (κ1) is 15.5. The molecule has 1 aromatic rings. The largest absolute Gasteiger partial charge is 0.323 e. The van der Waals surface area contributed by atoms with E-state index < -0.39 is 0 Å². The van der Waals surface area contributed by atoms with Crippen LogP contribution in [0.3, 0.4) is 0 Å². The van der Waals surface area contributed by atoms with Crippen LogP contribution in [0.4, 0.5) is 0 Å². The number of piperazine rings is 1. The van der Waals surface area contributed by atoms with Crippen LogP contribution in [0.2, 0.25) is 0 Å². The summed E-state index contributed by atoms with van der Waals surface area (Å²) in [5, 5.41) is 0. The van der Waals surface area contributed by atoms with Gasteiger partial charge in [-0.2, -0.15) is 0 Å². The van der Waals surface area contributed by atoms with Gasteiger partial charge < -0.3 is 10.6 Å². The maximum atomic E-state index is 6.36. The molecule has 1 atom stereocenters. The maximum Gasteiger partial charge on any atom is 0.0424 e. The molecule has 3 nitrogen and oxygen atoms in total. The molecule has 1 saturated heterocycles. The summed E-state index contributed by atoms with van der Waals surface area (Å²) in [7, 11) is 0. The second-order valence-corrected chi connectivity index (χ2v) is 5.84. The average molecular weight is 275 g/mol. The summed E-state index contributed by atoms with van der Waals surface area (Å²) in [5.41, 5.74) is 9.00. The predicted molar refractivity (Wildman–Crippen MR) is 85.9 cm³/mol. The molecule has 0 aliphatic carbocycles. The lowest BCUT2D eigenvalue weighted by Crippen LogP contribution is -2.48. The fraction of sp³-hybridized carbons (Fsp3) is 0.647. The lowest BCUT2D eigenvalue weighted by molar-refractivity contribution is 0.127. The SMILES string of the molecule is CCCN1CCN(CC(N)c2ccc(CC)cc2)CC1. The third-order valence-corrected chi connectivity index (χ3v) is 4.28. The van der Waals surface area contributed by atoms with Gasteiger partial charge in [0.1, 0.15) is 0 Å². The Morgan fingerprint density at radius 2 is 1.60 bits per heavy atom. The lowest BCUT2D eigenvalue weighted by Gasteiger charge is -2.35. The molecule has 112 valence electrons. The summed E-state index contributed by atoms with van der Waals surface area (Å²) in [6, 6.07) is 8.93. The zero-order valence-corrected chi connectivity index (χ0v) is 13.0. The molecule has 1 fully saturated rings. The third-order valence-electron chi connectivity index (χ3n) is 4.28. The summed E-state index contributed by atoms with van der Waals surface area (Å²) in [5.74, 6) is 0. The van der Waals surface area contributed by atoms with Crippen LogP contribution >= 0.6 is 0 Å². The molecule has 0 bridgehead atoms. The first-order chi connectivity index (χ1) is 9.72. The van der Waals surface area contributed by atoms with Crippen molar-refractivity contribution in [2.24, 2.45) is 5.73 Å². The van der Waals surface area contributed by atoms with Gasteiger partial charge in [0.05, 0.1) is 0 Å². The number of rotatable bonds is 6. The van der Waals surface area contributed by atoms with Crippen LogP contribution in [0.15, 0.2) is 24.3 Å². The smallest absolute Gasteiger partial charge is 0.0424 e. The van der Waals surface area contributed by atoms with Crippen molar-refractivity contribution < 1.29 is 0 Å². The van der Waals surface area contributed by atoms with Crippen molar-refractivity contribution in [3.05, 3.63) is 35.4 Å². The van der Waals surface area contributed by atoms with E-state index in [2.05, 4.69) is 47.9 Å². The van der Waals surface area contributed by atoms with Gasteiger partial charge in [0.2, 0.25) is 0 Å². The number of benzene rings is 1. The molecule has 1 aliphatic rings. The lowest BCUT2D eigenvalue weighted by atomic mass is 10.0. The fourth-order valence-electron chi connectivity index (χ4n) is 2.90. The highest BCUT2D eigenvalue weighted by atomic mass is 15.3. The fourth-order valence-corrected chi connectivity index (χ4v) is 2.90. The number of aryl methyl sites for hydroxylation is 1. The molecule has 3 heteroatoms. The Morgan fingerprint density at radius 3 is 2.15 bits per heavy atom. The predicted octanol–water partition coefficient (Wildman–Crippen LogP) is 2.28. The molecule has 20 heavy (non-hydrogen) atoms. The van der Waals surface area contributed by atoms with Crippen LogP contribution in [0.25, 0.3) is 0 Å². The van der Waals surface area contributed by atoms with Crippen LogP contribution in [0.5, 0.6) is 0 Å². The average Bonchev–Trinajstić information content (AvgIpc) is 2.49. The normalized spacial score (nSPS) is 19.1. The number of nitrogens with zero attached hydrogens (tertiary/aromatic N) is 2. The molecular weight excluding hydrogens is 246 g/mol. The minimum absolute atomic E-state index is 0.138. The van der Waals surface area contributed by atoms with Gasteiger partial charge >= 0.3 is 0 Å². The monoisotopic (exact) mass is 275 g/mol. The van der Waals surface area contributed by atoms with Crippen LogP contribution < -0.4 is 5.73 Å². The Balaban J connectivity index is 1.81. The maximum absolute atomic E-state index is 6.36. The molecule has 1 unspecified atom stereocenters. The van der Waals surface area contributed by atoms with Crippen molar-refractivity contribution in [3.8, 4) is 0 Å². The quantitative estimate of drug-likeness (QED) is 0.864. The minimum atomic E-state index is 0.138. The van der Waals surface area contributed by atoms with E-state index in [1.807, 2.05) is 0 Å². The first-order valence-corrected chi connectivity index (χ1v) is 8.02. The van der Waals surface area contributed by atoms with Crippen molar-refractivity contribution in [1.29, 1.82) is 0 Å². The zero-order chi connectivity index (χ0) is 14.4. The van der Waals surface area contributed by atoms with Crippen LogP contribution in [-0.4, -0.2) is 49.1 Å².